The van der Waals surface area contributed by atoms with Crippen molar-refractivity contribution in [2.75, 3.05) is 5.75 Å². The number of rotatable bonds is 3. The number of hydrogen-bond donors (Lipinski definition) is 0. The Morgan fingerprint density at radius 1 is 1.50 bits per heavy atom. The fourth-order valence-electron chi connectivity index (χ4n) is 0.433. The van der Waals surface area contributed by atoms with E-state index >= 15 is 0 Å². The van der Waals surface area contributed by atoms with Crippen LogP contribution in [0.5, 0.6) is 0 Å². The van der Waals surface area contributed by atoms with Crippen LogP contribution < -0.4 is 0 Å². The minimum Gasteiger partial charge on any atom is -0.299 e. The van der Waals surface area contributed by atoms with Crippen LogP contribution in [0.3, 0.4) is 0 Å². The Bertz CT molecular complexity index is 143. The minimum absolute atomic E-state index is 0.0185. The van der Waals surface area contributed by atoms with Crippen molar-refractivity contribution < 1.29 is 9.59 Å². The first-order valence-corrected chi connectivity index (χ1v) is 4.25. The summed E-state index contributed by atoms with van der Waals surface area (Å²) in [6, 6.07) is 0. The van der Waals surface area contributed by atoms with Gasteiger partial charge in [0.2, 0.25) is 0 Å². The molecule has 58 valence electrons. The number of Topliss-reactive ketones (excluding diaryl/α,β-unsaturated/α-hetero) is 1. The van der Waals surface area contributed by atoms with Crippen LogP contribution in [-0.2, 0) is 9.59 Å². The highest BCUT2D eigenvalue weighted by molar-refractivity contribution is 8.13. The number of ketones is 1. The Hall–Kier alpha value is -0.310. The van der Waals surface area contributed by atoms with Crippen LogP contribution in [0.25, 0.3) is 0 Å². The van der Waals surface area contributed by atoms with Gasteiger partial charge in [-0.1, -0.05) is 18.7 Å². The molecule has 0 aromatic carbocycles. The summed E-state index contributed by atoms with van der Waals surface area (Å²) in [7, 11) is 0. The number of carbonyl (C=O) groups is 2. The van der Waals surface area contributed by atoms with Crippen molar-refractivity contribution in [1.29, 1.82) is 0 Å². The van der Waals surface area contributed by atoms with Gasteiger partial charge >= 0.3 is 0 Å². The highest BCUT2D eigenvalue weighted by atomic mass is 32.2. The Labute approximate surface area is 65.4 Å². The first-order chi connectivity index (χ1) is 4.59. The van der Waals surface area contributed by atoms with E-state index in [4.69, 9.17) is 0 Å². The lowest BCUT2D eigenvalue weighted by Crippen LogP contribution is -2.15. The van der Waals surface area contributed by atoms with Gasteiger partial charge in [0, 0.05) is 0 Å². The van der Waals surface area contributed by atoms with Crippen LogP contribution in [0.2, 0.25) is 0 Å². The SMILES string of the molecule is CCSC(=O)[C@H](C)C(C)=O. The van der Waals surface area contributed by atoms with Crippen molar-refractivity contribution in [1.82, 2.24) is 0 Å². The molecule has 0 amide bonds. The summed E-state index contributed by atoms with van der Waals surface area (Å²) in [5.74, 6) is 0.270. The smallest absolute Gasteiger partial charge is 0.199 e. The van der Waals surface area contributed by atoms with Crippen molar-refractivity contribution in [3.8, 4) is 0 Å². The van der Waals surface area contributed by atoms with E-state index in [9.17, 15) is 9.59 Å². The number of thioether (sulfide) groups is 1. The van der Waals surface area contributed by atoms with Gasteiger partial charge in [0.05, 0.1) is 5.92 Å². The number of carbonyl (C=O) groups excluding carboxylic acids is 2. The molecular weight excluding hydrogens is 148 g/mol. The van der Waals surface area contributed by atoms with Crippen molar-refractivity contribution >= 4 is 22.7 Å². The van der Waals surface area contributed by atoms with Gasteiger partial charge < -0.3 is 0 Å². The maximum Gasteiger partial charge on any atom is 0.199 e. The van der Waals surface area contributed by atoms with E-state index in [-0.39, 0.29) is 10.9 Å². The Morgan fingerprint density at radius 3 is 2.30 bits per heavy atom. The zero-order valence-corrected chi connectivity index (χ0v) is 7.33. The van der Waals surface area contributed by atoms with Crippen molar-refractivity contribution in [2.24, 2.45) is 5.92 Å². The summed E-state index contributed by atoms with van der Waals surface area (Å²) < 4.78 is 0. The molecule has 3 heteroatoms. The highest BCUT2D eigenvalue weighted by Crippen LogP contribution is 2.10. The molecule has 1 atom stereocenters. The minimum atomic E-state index is -0.426. The Morgan fingerprint density at radius 2 is 2.00 bits per heavy atom. The first-order valence-electron chi connectivity index (χ1n) is 3.26. The normalized spacial score (nSPS) is 12.7. The van der Waals surface area contributed by atoms with E-state index in [1.165, 1.54) is 18.7 Å². The van der Waals surface area contributed by atoms with Gasteiger partial charge in [-0.2, -0.15) is 0 Å². The van der Waals surface area contributed by atoms with Crippen molar-refractivity contribution in [2.45, 2.75) is 20.8 Å². The van der Waals surface area contributed by atoms with E-state index in [1.54, 1.807) is 6.92 Å². The fraction of sp³-hybridized carbons (Fsp3) is 0.714. The predicted octanol–water partition coefficient (Wildman–Crippen LogP) is 1.49. The predicted molar refractivity (Wildman–Crippen MR) is 43.0 cm³/mol. The average Bonchev–Trinajstić information content (AvgIpc) is 1.87. The van der Waals surface area contributed by atoms with Gasteiger partial charge in [0.1, 0.15) is 5.78 Å². The Balaban J connectivity index is 3.82. The summed E-state index contributed by atoms with van der Waals surface area (Å²) in [4.78, 5) is 21.6. The van der Waals surface area contributed by atoms with Gasteiger partial charge in [0.25, 0.3) is 0 Å². The second kappa shape index (κ2) is 4.50. The molecule has 0 fully saturated rings. The van der Waals surface area contributed by atoms with Crippen molar-refractivity contribution in [3.63, 3.8) is 0 Å². The zero-order chi connectivity index (χ0) is 8.15. The fourth-order valence-corrected chi connectivity index (χ4v) is 1.13. The standard InChI is InChI=1S/C7H12O2S/c1-4-10-7(9)5(2)6(3)8/h5H,4H2,1-3H3/t5-/m1/s1. The summed E-state index contributed by atoms with van der Waals surface area (Å²) in [5.41, 5.74) is 0. The lowest BCUT2D eigenvalue weighted by atomic mass is 10.1. The highest BCUT2D eigenvalue weighted by Gasteiger charge is 2.16. The molecule has 0 spiro atoms. The average molecular weight is 160 g/mol. The van der Waals surface area contributed by atoms with Crippen LogP contribution in [0.4, 0.5) is 0 Å². The summed E-state index contributed by atoms with van der Waals surface area (Å²) in [6.45, 7) is 4.99. The summed E-state index contributed by atoms with van der Waals surface area (Å²) in [6.07, 6.45) is 0. The molecule has 0 saturated carbocycles. The van der Waals surface area contributed by atoms with Crippen LogP contribution in [-0.4, -0.2) is 16.7 Å². The van der Waals surface area contributed by atoms with E-state index in [2.05, 4.69) is 0 Å². The third-order valence-electron chi connectivity index (χ3n) is 1.25. The molecule has 0 aliphatic carbocycles. The third kappa shape index (κ3) is 3.01. The molecule has 0 radical (unpaired) electrons. The molecule has 0 aromatic heterocycles. The second-order valence-corrected chi connectivity index (χ2v) is 3.35. The molecule has 0 aromatic rings. The summed E-state index contributed by atoms with van der Waals surface area (Å²) in [5, 5.41) is -0.0185. The molecule has 0 aliphatic heterocycles. The molecule has 0 saturated heterocycles. The monoisotopic (exact) mass is 160 g/mol. The lowest BCUT2D eigenvalue weighted by Gasteiger charge is -2.02. The third-order valence-corrected chi connectivity index (χ3v) is 2.18. The second-order valence-electron chi connectivity index (χ2n) is 2.08. The maximum atomic E-state index is 10.9. The van der Waals surface area contributed by atoms with Gasteiger partial charge in [-0.05, 0) is 19.6 Å². The van der Waals surface area contributed by atoms with Gasteiger partial charge in [-0.15, -0.1) is 0 Å². The van der Waals surface area contributed by atoms with E-state index in [0.717, 1.165) is 5.75 Å². The van der Waals surface area contributed by atoms with Crippen molar-refractivity contribution in [3.05, 3.63) is 0 Å². The molecule has 0 heterocycles. The first kappa shape index (κ1) is 9.69. The molecule has 0 rings (SSSR count). The topological polar surface area (TPSA) is 34.1 Å². The van der Waals surface area contributed by atoms with E-state index in [1.807, 2.05) is 6.92 Å². The van der Waals surface area contributed by atoms with E-state index in [0.29, 0.717) is 0 Å². The van der Waals surface area contributed by atoms with E-state index < -0.39 is 5.92 Å². The largest absolute Gasteiger partial charge is 0.299 e. The maximum absolute atomic E-state index is 10.9. The van der Waals surface area contributed by atoms with Crippen LogP contribution in [0.15, 0.2) is 0 Å². The molecule has 2 nitrogen and oxygen atoms in total. The summed E-state index contributed by atoms with van der Waals surface area (Å²) >= 11 is 1.21. The molecule has 10 heavy (non-hydrogen) atoms. The van der Waals surface area contributed by atoms with Gasteiger partial charge in [-0.3, -0.25) is 9.59 Å². The van der Waals surface area contributed by atoms with Crippen LogP contribution in [0.1, 0.15) is 20.8 Å². The van der Waals surface area contributed by atoms with Crippen LogP contribution >= 0.6 is 11.8 Å². The van der Waals surface area contributed by atoms with Gasteiger partial charge in [-0.25, -0.2) is 0 Å². The number of hydrogen-bond acceptors (Lipinski definition) is 3. The lowest BCUT2D eigenvalue weighted by molar-refractivity contribution is -0.126. The molecule has 0 aliphatic rings. The molecule has 0 unspecified atom stereocenters. The Kier molecular flexibility index (Phi) is 4.36. The molecule has 0 bridgehead atoms. The molecule has 0 N–H and O–H groups in total. The van der Waals surface area contributed by atoms with Crippen LogP contribution in [0, 0.1) is 5.92 Å². The quantitative estimate of drug-likeness (QED) is 0.587. The zero-order valence-electron chi connectivity index (χ0n) is 6.51. The van der Waals surface area contributed by atoms with Gasteiger partial charge in [0.15, 0.2) is 5.12 Å². The molecular formula is C7H12O2S.